The minimum Gasteiger partial charge on any atom is -0.379 e. The summed E-state index contributed by atoms with van der Waals surface area (Å²) in [5, 5.41) is 6.68. The number of nitrogens with one attached hydrogen (secondary N) is 2. The molecule has 1 aromatic rings. The van der Waals surface area contributed by atoms with Gasteiger partial charge in [0.25, 0.3) is 0 Å². The topological polar surface area (TPSA) is 54.9 Å². The number of ether oxygens (including phenoxy) is 2. The Kier molecular flexibility index (Phi) is 11.3. The van der Waals surface area contributed by atoms with Gasteiger partial charge in [0, 0.05) is 26.3 Å². The quantitative estimate of drug-likeness (QED) is 0.252. The molecule has 27 heavy (non-hydrogen) atoms. The van der Waals surface area contributed by atoms with E-state index >= 15 is 0 Å². The van der Waals surface area contributed by atoms with Gasteiger partial charge >= 0.3 is 0 Å². The van der Waals surface area contributed by atoms with Gasteiger partial charge in [-0.05, 0) is 36.3 Å². The normalized spacial score (nSPS) is 17.5. The average molecular weight is 489 g/mol. The first kappa shape index (κ1) is 24.2. The number of aliphatic imine (C=N–C) groups is 1. The average Bonchev–Trinajstić information content (AvgIpc) is 3.12. The second kappa shape index (κ2) is 12.6. The van der Waals surface area contributed by atoms with E-state index in [4.69, 9.17) is 9.47 Å². The molecule has 1 aliphatic heterocycles. The van der Waals surface area contributed by atoms with Crippen molar-refractivity contribution < 1.29 is 9.47 Å². The number of rotatable bonds is 8. The van der Waals surface area contributed by atoms with Crippen molar-refractivity contribution in [1.82, 2.24) is 10.6 Å². The molecule has 1 atom stereocenters. The van der Waals surface area contributed by atoms with E-state index in [1.807, 2.05) is 0 Å². The van der Waals surface area contributed by atoms with Crippen molar-refractivity contribution in [3.05, 3.63) is 35.4 Å². The summed E-state index contributed by atoms with van der Waals surface area (Å²) in [6, 6.07) is 8.75. The lowest BCUT2D eigenvalue weighted by Crippen LogP contribution is -2.38. The van der Waals surface area contributed by atoms with Crippen LogP contribution in [0.25, 0.3) is 0 Å². The zero-order valence-corrected chi connectivity index (χ0v) is 19.5. The van der Waals surface area contributed by atoms with Crippen LogP contribution in [0.15, 0.2) is 29.3 Å². The molecule has 1 aliphatic rings. The summed E-state index contributed by atoms with van der Waals surface area (Å²) in [5.74, 6) is 0.858. The van der Waals surface area contributed by atoms with Crippen LogP contribution in [0.4, 0.5) is 0 Å². The van der Waals surface area contributed by atoms with Gasteiger partial charge in [-0.1, -0.05) is 45.0 Å². The number of benzene rings is 1. The molecule has 1 saturated heterocycles. The molecule has 2 N–H and O–H groups in total. The first-order valence-electron chi connectivity index (χ1n) is 9.80. The maximum Gasteiger partial charge on any atom is 0.191 e. The highest BCUT2D eigenvalue weighted by atomic mass is 127. The Morgan fingerprint density at radius 3 is 2.56 bits per heavy atom. The van der Waals surface area contributed by atoms with Crippen molar-refractivity contribution in [2.24, 2.45) is 4.99 Å². The van der Waals surface area contributed by atoms with Crippen LogP contribution >= 0.6 is 24.0 Å². The predicted molar refractivity (Wildman–Crippen MR) is 123 cm³/mol. The van der Waals surface area contributed by atoms with Crippen LogP contribution in [0.5, 0.6) is 0 Å². The highest BCUT2D eigenvalue weighted by Gasteiger charge is 2.15. The molecule has 0 radical (unpaired) electrons. The minimum atomic E-state index is 0. The van der Waals surface area contributed by atoms with Crippen LogP contribution in [0.3, 0.4) is 0 Å². The van der Waals surface area contributed by atoms with E-state index in [9.17, 15) is 0 Å². The van der Waals surface area contributed by atoms with E-state index in [2.05, 4.69) is 67.6 Å². The van der Waals surface area contributed by atoms with Gasteiger partial charge in [0.1, 0.15) is 0 Å². The van der Waals surface area contributed by atoms with Crippen LogP contribution in [0.1, 0.15) is 51.7 Å². The third-order valence-electron chi connectivity index (χ3n) is 4.44. The van der Waals surface area contributed by atoms with Gasteiger partial charge in [-0.15, -0.1) is 24.0 Å². The van der Waals surface area contributed by atoms with Crippen molar-refractivity contribution >= 4 is 29.9 Å². The van der Waals surface area contributed by atoms with Crippen molar-refractivity contribution in [3.63, 3.8) is 0 Å². The van der Waals surface area contributed by atoms with Gasteiger partial charge < -0.3 is 20.1 Å². The summed E-state index contributed by atoms with van der Waals surface area (Å²) in [6.07, 6.45) is 2.26. The minimum absolute atomic E-state index is 0. The lowest BCUT2D eigenvalue weighted by atomic mass is 9.87. The van der Waals surface area contributed by atoms with E-state index < -0.39 is 0 Å². The Bertz CT molecular complexity index is 550. The fourth-order valence-electron chi connectivity index (χ4n) is 2.80. The van der Waals surface area contributed by atoms with Crippen LogP contribution in [-0.2, 0) is 21.4 Å². The van der Waals surface area contributed by atoms with Crippen LogP contribution in [-0.4, -0.2) is 45.0 Å². The molecular weight excluding hydrogens is 453 g/mol. The molecule has 1 unspecified atom stereocenters. The Morgan fingerprint density at radius 1 is 1.22 bits per heavy atom. The molecule has 0 amide bonds. The molecule has 154 valence electrons. The Labute approximate surface area is 181 Å². The van der Waals surface area contributed by atoms with Gasteiger partial charge in [0.05, 0.1) is 19.3 Å². The van der Waals surface area contributed by atoms with Crippen molar-refractivity contribution in [2.45, 2.75) is 58.6 Å². The summed E-state index contributed by atoms with van der Waals surface area (Å²) in [4.78, 5) is 4.68. The highest BCUT2D eigenvalue weighted by molar-refractivity contribution is 14.0. The van der Waals surface area contributed by atoms with Gasteiger partial charge in [-0.25, -0.2) is 4.99 Å². The lowest BCUT2D eigenvalue weighted by molar-refractivity contribution is 0.0420. The van der Waals surface area contributed by atoms with Crippen molar-refractivity contribution in [1.29, 1.82) is 0 Å². The summed E-state index contributed by atoms with van der Waals surface area (Å²) in [5.41, 5.74) is 2.76. The molecule has 1 aromatic carbocycles. The Balaban J connectivity index is 0.00000364. The van der Waals surface area contributed by atoms with Crippen molar-refractivity contribution in [3.8, 4) is 0 Å². The van der Waals surface area contributed by atoms with Gasteiger partial charge in [0.2, 0.25) is 0 Å². The molecule has 2 rings (SSSR count). The monoisotopic (exact) mass is 489 g/mol. The number of hydrogen-bond acceptors (Lipinski definition) is 3. The van der Waals surface area contributed by atoms with Crippen LogP contribution in [0.2, 0.25) is 0 Å². The zero-order valence-electron chi connectivity index (χ0n) is 17.2. The SMILES string of the molecule is CCNC(=NCc1ccc(C(C)(C)C)cc1)NCCCOC1CCOC1.I. The summed E-state index contributed by atoms with van der Waals surface area (Å²) >= 11 is 0. The fourth-order valence-corrected chi connectivity index (χ4v) is 2.80. The van der Waals surface area contributed by atoms with Gasteiger partial charge in [-0.2, -0.15) is 0 Å². The third-order valence-corrected chi connectivity index (χ3v) is 4.44. The Morgan fingerprint density at radius 2 is 1.96 bits per heavy atom. The lowest BCUT2D eigenvalue weighted by Gasteiger charge is -2.19. The second-order valence-corrected chi connectivity index (χ2v) is 7.78. The maximum absolute atomic E-state index is 5.79. The summed E-state index contributed by atoms with van der Waals surface area (Å²) in [6.45, 7) is 13.5. The molecule has 0 bridgehead atoms. The van der Waals surface area contributed by atoms with E-state index in [1.54, 1.807) is 0 Å². The summed E-state index contributed by atoms with van der Waals surface area (Å²) in [7, 11) is 0. The molecule has 5 nitrogen and oxygen atoms in total. The third kappa shape index (κ3) is 9.25. The maximum atomic E-state index is 5.79. The predicted octanol–water partition coefficient (Wildman–Crippen LogP) is 3.85. The summed E-state index contributed by atoms with van der Waals surface area (Å²) < 4.78 is 11.1. The fraction of sp³-hybridized carbons (Fsp3) is 0.667. The highest BCUT2D eigenvalue weighted by Crippen LogP contribution is 2.22. The number of hydrogen-bond donors (Lipinski definition) is 2. The molecular formula is C21H36IN3O2. The van der Waals surface area contributed by atoms with Crippen LogP contribution < -0.4 is 10.6 Å². The first-order chi connectivity index (χ1) is 12.5. The van der Waals surface area contributed by atoms with Gasteiger partial charge in [-0.3, -0.25) is 0 Å². The number of guanidine groups is 1. The van der Waals surface area contributed by atoms with Crippen LogP contribution in [0, 0.1) is 0 Å². The molecule has 1 heterocycles. The zero-order chi connectivity index (χ0) is 18.8. The van der Waals surface area contributed by atoms with E-state index in [1.165, 1.54) is 11.1 Å². The molecule has 0 spiro atoms. The molecule has 0 aliphatic carbocycles. The number of nitrogens with zero attached hydrogens (tertiary/aromatic N) is 1. The molecule has 0 aromatic heterocycles. The first-order valence-corrected chi connectivity index (χ1v) is 9.80. The standard InChI is InChI=1S/C21H35N3O2.HI/c1-5-22-20(23-12-6-13-26-19-11-14-25-16-19)24-15-17-7-9-18(10-8-17)21(2,3)4;/h7-10,19H,5-6,11-16H2,1-4H3,(H2,22,23,24);1H. The smallest absolute Gasteiger partial charge is 0.191 e. The largest absolute Gasteiger partial charge is 0.379 e. The molecule has 6 heteroatoms. The molecule has 1 fully saturated rings. The second-order valence-electron chi connectivity index (χ2n) is 7.78. The van der Waals surface area contributed by atoms with E-state index in [0.717, 1.165) is 51.7 Å². The molecule has 0 saturated carbocycles. The number of halogens is 1. The van der Waals surface area contributed by atoms with E-state index in [-0.39, 0.29) is 35.5 Å². The van der Waals surface area contributed by atoms with Crippen molar-refractivity contribution in [2.75, 3.05) is 32.9 Å². The Hall–Kier alpha value is -0.860. The van der Waals surface area contributed by atoms with Gasteiger partial charge in [0.15, 0.2) is 5.96 Å². The van der Waals surface area contributed by atoms with E-state index in [0.29, 0.717) is 6.54 Å².